The van der Waals surface area contributed by atoms with Crippen LogP contribution in [0.25, 0.3) is 0 Å². The van der Waals surface area contributed by atoms with Gasteiger partial charge in [0.25, 0.3) is 0 Å². The Hall–Kier alpha value is -1.51. The predicted molar refractivity (Wildman–Crippen MR) is 75.8 cm³/mol. The summed E-state index contributed by atoms with van der Waals surface area (Å²) in [6, 6.07) is 0. The zero-order valence-electron chi connectivity index (χ0n) is 12.7. The third-order valence-electron chi connectivity index (χ3n) is 2.69. The van der Waals surface area contributed by atoms with Gasteiger partial charge in [-0.2, -0.15) is 0 Å². The molecule has 112 valence electrons. The summed E-state index contributed by atoms with van der Waals surface area (Å²) in [6.07, 6.45) is 2.40. The Morgan fingerprint density at radius 1 is 1.35 bits per heavy atom. The van der Waals surface area contributed by atoms with Crippen LogP contribution in [0.5, 0.6) is 5.95 Å². The Morgan fingerprint density at radius 2 is 2.15 bits per heavy atom. The standard InChI is InChI=1S/C15H23NO4/c1-5-19-15-12(2)16-14(20-15)10-6-8-13(18-4)9-7-11-17-3/h13H,5-6,8,10-11H2,1-4H3. The topological polar surface area (TPSA) is 53.7 Å². The fourth-order valence-electron chi connectivity index (χ4n) is 1.72. The van der Waals surface area contributed by atoms with Crippen molar-refractivity contribution in [1.82, 2.24) is 4.98 Å². The average molecular weight is 281 g/mol. The van der Waals surface area contributed by atoms with Gasteiger partial charge in [-0.15, -0.1) is 0 Å². The van der Waals surface area contributed by atoms with Gasteiger partial charge in [0.15, 0.2) is 5.89 Å². The molecule has 5 nitrogen and oxygen atoms in total. The van der Waals surface area contributed by atoms with Crippen LogP contribution in [0.3, 0.4) is 0 Å². The Morgan fingerprint density at radius 3 is 2.80 bits per heavy atom. The lowest BCUT2D eigenvalue weighted by molar-refractivity contribution is 0.138. The summed E-state index contributed by atoms with van der Waals surface area (Å²) >= 11 is 0. The molecule has 0 radical (unpaired) electrons. The molecular formula is C15H23NO4. The Labute approximate surface area is 120 Å². The highest BCUT2D eigenvalue weighted by molar-refractivity contribution is 5.14. The van der Waals surface area contributed by atoms with Crippen LogP contribution in [0.1, 0.15) is 31.4 Å². The number of ether oxygens (including phenoxy) is 3. The van der Waals surface area contributed by atoms with E-state index in [0.29, 0.717) is 25.1 Å². The van der Waals surface area contributed by atoms with Crippen LogP contribution in [0.15, 0.2) is 4.42 Å². The number of oxazole rings is 1. The first kappa shape index (κ1) is 16.5. The molecule has 0 aromatic carbocycles. The number of rotatable bonds is 8. The second-order valence-corrected chi connectivity index (χ2v) is 4.28. The number of aryl methyl sites for hydroxylation is 2. The predicted octanol–water partition coefficient (Wildman–Crippen LogP) is 2.37. The van der Waals surface area contributed by atoms with Crippen molar-refractivity contribution < 1.29 is 18.6 Å². The molecule has 20 heavy (non-hydrogen) atoms. The molecule has 0 aliphatic heterocycles. The molecule has 0 aliphatic rings. The average Bonchev–Trinajstić information content (AvgIpc) is 2.78. The number of methoxy groups -OCH3 is 2. The van der Waals surface area contributed by atoms with E-state index < -0.39 is 0 Å². The van der Waals surface area contributed by atoms with E-state index in [9.17, 15) is 0 Å². The lowest BCUT2D eigenvalue weighted by Gasteiger charge is -2.06. The van der Waals surface area contributed by atoms with Gasteiger partial charge in [-0.3, -0.25) is 0 Å². The molecule has 5 heteroatoms. The lowest BCUT2D eigenvalue weighted by Crippen LogP contribution is -2.08. The van der Waals surface area contributed by atoms with Crippen LogP contribution < -0.4 is 4.74 Å². The van der Waals surface area contributed by atoms with Crippen molar-refractivity contribution in [2.45, 2.75) is 39.2 Å². The smallest absolute Gasteiger partial charge is 0.308 e. The van der Waals surface area contributed by atoms with Gasteiger partial charge in [0.05, 0.1) is 6.61 Å². The van der Waals surface area contributed by atoms with Gasteiger partial charge in [-0.25, -0.2) is 4.98 Å². The Kier molecular flexibility index (Phi) is 7.78. The highest BCUT2D eigenvalue weighted by atomic mass is 16.6. The van der Waals surface area contributed by atoms with Gasteiger partial charge in [0, 0.05) is 20.6 Å². The molecule has 0 fully saturated rings. The molecule has 1 aromatic rings. The maximum atomic E-state index is 5.54. The van der Waals surface area contributed by atoms with Crippen molar-refractivity contribution in [2.75, 3.05) is 27.4 Å². The molecule has 0 N–H and O–H groups in total. The third kappa shape index (κ3) is 5.64. The fourth-order valence-corrected chi connectivity index (χ4v) is 1.72. The Bertz CT molecular complexity index is 444. The summed E-state index contributed by atoms with van der Waals surface area (Å²) in [5.74, 6) is 7.15. The fraction of sp³-hybridized carbons (Fsp3) is 0.667. The molecule has 0 saturated carbocycles. The first-order valence-corrected chi connectivity index (χ1v) is 6.80. The normalized spacial score (nSPS) is 11.8. The molecule has 0 saturated heterocycles. The van der Waals surface area contributed by atoms with Crippen LogP contribution in [0.2, 0.25) is 0 Å². The minimum Gasteiger partial charge on any atom is -0.464 e. The summed E-state index contributed by atoms with van der Waals surface area (Å²) in [5, 5.41) is 0. The molecule has 1 aromatic heterocycles. The summed E-state index contributed by atoms with van der Waals surface area (Å²) in [6.45, 7) is 4.81. The first-order valence-electron chi connectivity index (χ1n) is 6.80. The first-order chi connectivity index (χ1) is 9.71. The largest absolute Gasteiger partial charge is 0.464 e. The van der Waals surface area contributed by atoms with E-state index in [1.54, 1.807) is 14.2 Å². The van der Waals surface area contributed by atoms with Crippen LogP contribution in [0.4, 0.5) is 0 Å². The molecule has 0 amide bonds. The van der Waals surface area contributed by atoms with Gasteiger partial charge in [-0.05, 0) is 26.7 Å². The molecule has 1 unspecified atom stereocenters. The van der Waals surface area contributed by atoms with Gasteiger partial charge < -0.3 is 18.6 Å². The molecule has 1 rings (SSSR count). The summed E-state index contributed by atoms with van der Waals surface area (Å²) < 4.78 is 21.1. The zero-order valence-corrected chi connectivity index (χ0v) is 12.7. The van der Waals surface area contributed by atoms with Crippen molar-refractivity contribution in [2.24, 2.45) is 0 Å². The minimum atomic E-state index is -0.0763. The molecule has 1 heterocycles. The quantitative estimate of drug-likeness (QED) is 0.685. The van der Waals surface area contributed by atoms with E-state index in [1.807, 2.05) is 13.8 Å². The molecular weight excluding hydrogens is 258 g/mol. The van der Waals surface area contributed by atoms with Gasteiger partial charge >= 0.3 is 5.95 Å². The van der Waals surface area contributed by atoms with Crippen molar-refractivity contribution in [3.8, 4) is 17.8 Å². The van der Waals surface area contributed by atoms with Crippen molar-refractivity contribution in [1.29, 1.82) is 0 Å². The minimum absolute atomic E-state index is 0.0763. The highest BCUT2D eigenvalue weighted by Crippen LogP contribution is 2.20. The van der Waals surface area contributed by atoms with Crippen molar-refractivity contribution >= 4 is 0 Å². The van der Waals surface area contributed by atoms with Gasteiger partial charge in [0.1, 0.15) is 18.4 Å². The maximum Gasteiger partial charge on any atom is 0.308 e. The third-order valence-corrected chi connectivity index (χ3v) is 2.69. The second kappa shape index (κ2) is 9.40. The lowest BCUT2D eigenvalue weighted by atomic mass is 10.1. The highest BCUT2D eigenvalue weighted by Gasteiger charge is 2.11. The molecule has 0 bridgehead atoms. The van der Waals surface area contributed by atoms with E-state index >= 15 is 0 Å². The second-order valence-electron chi connectivity index (χ2n) is 4.28. The van der Waals surface area contributed by atoms with E-state index in [-0.39, 0.29) is 6.10 Å². The zero-order chi connectivity index (χ0) is 14.8. The number of hydrogen-bond acceptors (Lipinski definition) is 5. The monoisotopic (exact) mass is 281 g/mol. The van der Waals surface area contributed by atoms with Gasteiger partial charge in [0.2, 0.25) is 0 Å². The SMILES string of the molecule is CCOc1oc(CCCC(C#CCOC)OC)nc1C. The summed E-state index contributed by atoms with van der Waals surface area (Å²) in [4.78, 5) is 4.34. The summed E-state index contributed by atoms with van der Waals surface area (Å²) in [7, 11) is 3.28. The van der Waals surface area contributed by atoms with Crippen molar-refractivity contribution in [3.05, 3.63) is 11.6 Å². The van der Waals surface area contributed by atoms with E-state index in [2.05, 4.69) is 16.8 Å². The van der Waals surface area contributed by atoms with Gasteiger partial charge in [-0.1, -0.05) is 11.8 Å². The van der Waals surface area contributed by atoms with Crippen LogP contribution in [-0.4, -0.2) is 38.5 Å². The maximum absolute atomic E-state index is 5.54. The molecule has 0 aliphatic carbocycles. The van der Waals surface area contributed by atoms with E-state index in [1.165, 1.54) is 0 Å². The Balaban J connectivity index is 2.39. The number of aromatic nitrogens is 1. The number of hydrogen-bond donors (Lipinski definition) is 0. The van der Waals surface area contributed by atoms with Crippen LogP contribution in [-0.2, 0) is 15.9 Å². The van der Waals surface area contributed by atoms with Crippen LogP contribution in [0, 0.1) is 18.8 Å². The van der Waals surface area contributed by atoms with E-state index in [0.717, 1.165) is 25.0 Å². The number of nitrogens with zero attached hydrogens (tertiary/aromatic N) is 1. The van der Waals surface area contributed by atoms with Crippen LogP contribution >= 0.6 is 0 Å². The molecule has 1 atom stereocenters. The summed E-state index contributed by atoms with van der Waals surface area (Å²) in [5.41, 5.74) is 0.796. The van der Waals surface area contributed by atoms with Crippen molar-refractivity contribution in [3.63, 3.8) is 0 Å². The van der Waals surface area contributed by atoms with E-state index in [4.69, 9.17) is 18.6 Å². The molecule has 0 spiro atoms.